The third-order valence-corrected chi connectivity index (χ3v) is 13.6. The van der Waals surface area contributed by atoms with Gasteiger partial charge in [0.15, 0.2) is 6.10 Å². The van der Waals surface area contributed by atoms with Gasteiger partial charge >= 0.3 is 17.9 Å². The summed E-state index contributed by atoms with van der Waals surface area (Å²) in [7, 11) is 0. The molecule has 1 atom stereocenters. The summed E-state index contributed by atoms with van der Waals surface area (Å²) in [5.74, 6) is -0.887. The van der Waals surface area contributed by atoms with Crippen LogP contribution in [0.15, 0.2) is 48.6 Å². The summed E-state index contributed by atoms with van der Waals surface area (Å²) in [6.07, 6.45) is 72.7. The molecule has 0 saturated heterocycles. The molecular formula is C64H116O6. The molecule has 0 aromatic heterocycles. The predicted molar refractivity (Wildman–Crippen MR) is 302 cm³/mol. The van der Waals surface area contributed by atoms with Gasteiger partial charge in [0.1, 0.15) is 13.2 Å². The Hall–Kier alpha value is -2.63. The van der Waals surface area contributed by atoms with Gasteiger partial charge in [0.25, 0.3) is 0 Å². The maximum absolute atomic E-state index is 12.8. The Labute approximate surface area is 435 Å². The van der Waals surface area contributed by atoms with Crippen LogP contribution in [0.4, 0.5) is 0 Å². The van der Waals surface area contributed by atoms with Crippen LogP contribution in [-0.4, -0.2) is 37.2 Å². The molecule has 0 aromatic carbocycles. The predicted octanol–water partition coefficient (Wildman–Crippen LogP) is 20.6. The second-order valence-corrected chi connectivity index (χ2v) is 20.6. The van der Waals surface area contributed by atoms with E-state index in [2.05, 4.69) is 69.4 Å². The van der Waals surface area contributed by atoms with E-state index in [0.717, 1.165) is 96.3 Å². The minimum absolute atomic E-state index is 0.0790. The van der Waals surface area contributed by atoms with Crippen LogP contribution in [0.1, 0.15) is 323 Å². The zero-order valence-electron chi connectivity index (χ0n) is 46.8. The molecule has 6 nitrogen and oxygen atoms in total. The molecule has 0 aliphatic rings. The molecule has 0 aromatic rings. The maximum atomic E-state index is 12.8. The first-order valence-electron chi connectivity index (χ1n) is 30.6. The van der Waals surface area contributed by atoms with Crippen molar-refractivity contribution in [3.05, 3.63) is 48.6 Å². The lowest BCUT2D eigenvalue weighted by Gasteiger charge is -2.18. The van der Waals surface area contributed by atoms with Gasteiger partial charge in [-0.2, -0.15) is 0 Å². The highest BCUT2D eigenvalue weighted by Crippen LogP contribution is 2.17. The van der Waals surface area contributed by atoms with Crippen LogP contribution in [0, 0.1) is 0 Å². The first-order valence-corrected chi connectivity index (χ1v) is 30.6. The Morgan fingerprint density at radius 1 is 0.300 bits per heavy atom. The quantitative estimate of drug-likeness (QED) is 0.0261. The summed E-state index contributed by atoms with van der Waals surface area (Å²) in [6, 6.07) is 0. The van der Waals surface area contributed by atoms with E-state index in [0.29, 0.717) is 19.3 Å². The molecular weight excluding hydrogens is 865 g/mol. The molecule has 0 saturated carbocycles. The second-order valence-electron chi connectivity index (χ2n) is 20.6. The van der Waals surface area contributed by atoms with Crippen molar-refractivity contribution >= 4 is 17.9 Å². The van der Waals surface area contributed by atoms with Crippen LogP contribution >= 0.6 is 0 Å². The summed E-state index contributed by atoms with van der Waals surface area (Å²) in [5, 5.41) is 0. The molecule has 0 fully saturated rings. The summed E-state index contributed by atoms with van der Waals surface area (Å²) in [4.78, 5) is 38.1. The third kappa shape index (κ3) is 56.3. The molecule has 70 heavy (non-hydrogen) atoms. The molecule has 0 amide bonds. The van der Waals surface area contributed by atoms with E-state index in [1.807, 2.05) is 0 Å². The number of carbonyl (C=O) groups is 3. The molecule has 1 unspecified atom stereocenters. The second kappa shape index (κ2) is 58.9. The molecule has 0 bridgehead atoms. The summed E-state index contributed by atoms with van der Waals surface area (Å²) < 4.78 is 16.9. The molecule has 0 aliphatic carbocycles. The average Bonchev–Trinajstić information content (AvgIpc) is 3.36. The average molecular weight is 982 g/mol. The number of hydrogen-bond acceptors (Lipinski definition) is 6. The standard InChI is InChI=1S/C64H116O6/c1-4-7-10-13-16-19-22-24-26-28-29-30-31-32-33-34-35-37-38-40-42-45-48-51-54-57-63(66)69-60-61(59-68-62(65)56-53-50-47-44-21-18-15-12-9-6-3)70-64(67)58-55-52-49-46-43-41-39-36-27-25-23-20-17-14-11-8-5-2/h8,11,17,20,25,27,39,41,61H,4-7,9-10,12-16,18-19,21-24,26,28-38,40,42-60H2,1-3H3/b11-8-,20-17-,27-25-,41-39-. The Balaban J connectivity index is 4.21. The minimum atomic E-state index is -0.782. The summed E-state index contributed by atoms with van der Waals surface area (Å²) in [6.45, 7) is 6.54. The van der Waals surface area contributed by atoms with E-state index in [4.69, 9.17) is 14.2 Å². The largest absolute Gasteiger partial charge is 0.462 e. The fourth-order valence-corrected chi connectivity index (χ4v) is 9.02. The zero-order chi connectivity index (χ0) is 50.7. The van der Waals surface area contributed by atoms with Crippen molar-refractivity contribution in [2.45, 2.75) is 329 Å². The van der Waals surface area contributed by atoms with E-state index in [9.17, 15) is 14.4 Å². The third-order valence-electron chi connectivity index (χ3n) is 13.6. The van der Waals surface area contributed by atoms with Gasteiger partial charge < -0.3 is 14.2 Å². The maximum Gasteiger partial charge on any atom is 0.306 e. The molecule has 0 radical (unpaired) electrons. The fourth-order valence-electron chi connectivity index (χ4n) is 9.02. The van der Waals surface area contributed by atoms with Gasteiger partial charge in [-0.25, -0.2) is 0 Å². The minimum Gasteiger partial charge on any atom is -0.462 e. The van der Waals surface area contributed by atoms with Gasteiger partial charge in [-0.3, -0.25) is 14.4 Å². The number of rotatable bonds is 56. The topological polar surface area (TPSA) is 78.9 Å². The normalized spacial score (nSPS) is 12.3. The molecule has 0 heterocycles. The van der Waals surface area contributed by atoms with Crippen molar-refractivity contribution in [3.8, 4) is 0 Å². The molecule has 0 spiro atoms. The van der Waals surface area contributed by atoms with Gasteiger partial charge in [0, 0.05) is 19.3 Å². The van der Waals surface area contributed by atoms with Gasteiger partial charge in [-0.1, -0.05) is 294 Å². The lowest BCUT2D eigenvalue weighted by Crippen LogP contribution is -2.30. The Kier molecular flexibility index (Phi) is 56.7. The van der Waals surface area contributed by atoms with Gasteiger partial charge in [0.2, 0.25) is 0 Å². The lowest BCUT2D eigenvalue weighted by molar-refractivity contribution is -0.167. The molecule has 0 aliphatic heterocycles. The number of esters is 3. The highest BCUT2D eigenvalue weighted by molar-refractivity contribution is 5.71. The molecule has 0 rings (SSSR count). The first kappa shape index (κ1) is 67.4. The smallest absolute Gasteiger partial charge is 0.306 e. The van der Waals surface area contributed by atoms with E-state index < -0.39 is 6.10 Å². The van der Waals surface area contributed by atoms with Crippen LogP contribution in [0.3, 0.4) is 0 Å². The number of hydrogen-bond donors (Lipinski definition) is 0. The highest BCUT2D eigenvalue weighted by Gasteiger charge is 2.19. The van der Waals surface area contributed by atoms with E-state index in [-0.39, 0.29) is 31.1 Å². The van der Waals surface area contributed by atoms with Crippen molar-refractivity contribution < 1.29 is 28.6 Å². The Bertz CT molecular complexity index is 1220. The van der Waals surface area contributed by atoms with Crippen LogP contribution < -0.4 is 0 Å². The van der Waals surface area contributed by atoms with Gasteiger partial charge in [0.05, 0.1) is 0 Å². The van der Waals surface area contributed by atoms with Gasteiger partial charge in [-0.15, -0.1) is 0 Å². The zero-order valence-corrected chi connectivity index (χ0v) is 46.8. The van der Waals surface area contributed by atoms with Gasteiger partial charge in [-0.05, 0) is 57.8 Å². The van der Waals surface area contributed by atoms with E-state index in [1.165, 1.54) is 186 Å². The first-order chi connectivity index (χ1) is 34.5. The van der Waals surface area contributed by atoms with Crippen molar-refractivity contribution in [2.75, 3.05) is 13.2 Å². The van der Waals surface area contributed by atoms with Crippen molar-refractivity contribution in [3.63, 3.8) is 0 Å². The molecule has 408 valence electrons. The summed E-state index contributed by atoms with van der Waals surface area (Å²) >= 11 is 0. The van der Waals surface area contributed by atoms with Crippen LogP contribution in [-0.2, 0) is 28.6 Å². The monoisotopic (exact) mass is 981 g/mol. The molecule has 0 N–H and O–H groups in total. The molecule has 6 heteroatoms. The van der Waals surface area contributed by atoms with Crippen molar-refractivity contribution in [1.82, 2.24) is 0 Å². The van der Waals surface area contributed by atoms with E-state index >= 15 is 0 Å². The highest BCUT2D eigenvalue weighted by atomic mass is 16.6. The van der Waals surface area contributed by atoms with E-state index in [1.54, 1.807) is 0 Å². The summed E-state index contributed by atoms with van der Waals surface area (Å²) in [5.41, 5.74) is 0. The SMILES string of the molecule is CC/C=C\C/C=C\C/C=C\C/C=C\CCCCCCC(=O)OC(COC(=O)CCCCCCCCCCCC)COC(=O)CCCCCCCCCCCCCCCCCCCCCCCCCCC. The van der Waals surface area contributed by atoms with Crippen molar-refractivity contribution in [1.29, 1.82) is 0 Å². The number of ether oxygens (including phenoxy) is 3. The number of unbranched alkanes of at least 4 members (excludes halogenated alkanes) is 37. The number of allylic oxidation sites excluding steroid dienone is 8. The lowest BCUT2D eigenvalue weighted by atomic mass is 10.0. The van der Waals surface area contributed by atoms with Crippen molar-refractivity contribution in [2.24, 2.45) is 0 Å². The Morgan fingerprint density at radius 3 is 0.871 bits per heavy atom. The van der Waals surface area contributed by atoms with Crippen LogP contribution in [0.25, 0.3) is 0 Å². The van der Waals surface area contributed by atoms with Crippen LogP contribution in [0.5, 0.6) is 0 Å². The van der Waals surface area contributed by atoms with Crippen LogP contribution in [0.2, 0.25) is 0 Å². The Morgan fingerprint density at radius 2 is 0.557 bits per heavy atom. The fraction of sp³-hybridized carbons (Fsp3) is 0.828. The number of carbonyl (C=O) groups excluding carboxylic acids is 3.